The van der Waals surface area contributed by atoms with Gasteiger partial charge in [0.05, 0.1) is 10.2 Å². The first kappa shape index (κ1) is 19.3. The van der Waals surface area contributed by atoms with Crippen LogP contribution in [0.1, 0.15) is 33.6 Å². The zero-order valence-corrected chi connectivity index (χ0v) is 16.2. The van der Waals surface area contributed by atoms with Crippen molar-refractivity contribution in [3.63, 3.8) is 0 Å². The van der Waals surface area contributed by atoms with Crippen molar-refractivity contribution in [3.05, 3.63) is 28.3 Å². The van der Waals surface area contributed by atoms with E-state index < -0.39 is 27.4 Å². The number of amides is 1. The molecule has 1 fully saturated rings. The number of carbonyl (C=O) groups excluding carboxylic acids is 1. The summed E-state index contributed by atoms with van der Waals surface area (Å²) in [5.74, 6) is 0. The van der Waals surface area contributed by atoms with Gasteiger partial charge in [-0.1, -0.05) is 0 Å². The Hall–Kier alpha value is -2.49. The van der Waals surface area contributed by atoms with Crippen molar-refractivity contribution in [2.24, 2.45) is 0 Å². The second-order valence-corrected chi connectivity index (χ2v) is 8.99. The van der Waals surface area contributed by atoms with Crippen LogP contribution in [0.4, 0.5) is 10.5 Å². The third-order valence-corrected chi connectivity index (χ3v) is 5.58. The molecule has 2 aromatic rings. The quantitative estimate of drug-likeness (QED) is 0.578. The Labute approximate surface area is 158 Å². The molecule has 1 aromatic carbocycles. The number of rotatable bonds is 3. The van der Waals surface area contributed by atoms with Crippen molar-refractivity contribution in [1.82, 2.24) is 9.88 Å². The molecule has 1 aliphatic rings. The van der Waals surface area contributed by atoms with Crippen molar-refractivity contribution < 1.29 is 23.1 Å². The molecule has 0 radical (unpaired) electrons. The predicted molar refractivity (Wildman–Crippen MR) is 97.9 cm³/mol. The average Bonchev–Trinajstić information content (AvgIpc) is 3.02. The lowest BCUT2D eigenvalue weighted by atomic mass is 10.1. The summed E-state index contributed by atoms with van der Waals surface area (Å²) in [5, 5.41) is 10.5. The maximum atomic E-state index is 12.9. The number of aromatic nitrogens is 1. The van der Waals surface area contributed by atoms with E-state index in [9.17, 15) is 19.1 Å². The van der Waals surface area contributed by atoms with Crippen LogP contribution in [0, 0.1) is 10.1 Å². The van der Waals surface area contributed by atoms with Crippen LogP contribution in [-0.4, -0.2) is 49.0 Å². The summed E-state index contributed by atoms with van der Waals surface area (Å²) in [5.41, 5.74) is -0.0870. The summed E-state index contributed by atoms with van der Waals surface area (Å²) in [7, 11) is -1.58. The number of non-ortho nitro benzene ring substituents is 1. The molecule has 1 aliphatic heterocycles. The van der Waals surface area contributed by atoms with E-state index in [4.69, 9.17) is 9.15 Å². The van der Waals surface area contributed by atoms with Crippen molar-refractivity contribution in [3.8, 4) is 0 Å². The van der Waals surface area contributed by atoms with Gasteiger partial charge in [0.25, 0.3) is 10.9 Å². The highest BCUT2D eigenvalue weighted by Crippen LogP contribution is 2.26. The molecule has 0 bridgehead atoms. The number of oxazole rings is 1. The van der Waals surface area contributed by atoms with Gasteiger partial charge in [0, 0.05) is 25.2 Å². The monoisotopic (exact) mass is 395 g/mol. The Bertz CT molecular complexity index is 904. The van der Waals surface area contributed by atoms with E-state index in [0.29, 0.717) is 25.0 Å². The number of ether oxygens (including phenoxy) is 1. The fourth-order valence-corrected chi connectivity index (χ4v) is 4.18. The third kappa shape index (κ3) is 4.44. The van der Waals surface area contributed by atoms with Gasteiger partial charge in [-0.3, -0.25) is 10.1 Å². The highest BCUT2D eigenvalue weighted by molar-refractivity contribution is 7.85. The molecule has 1 aromatic heterocycles. The van der Waals surface area contributed by atoms with Crippen LogP contribution in [0.15, 0.2) is 27.8 Å². The number of hydrogen-bond donors (Lipinski definition) is 0. The molecule has 3 rings (SSSR count). The lowest BCUT2D eigenvalue weighted by molar-refractivity contribution is -0.384. The fraction of sp³-hybridized carbons (Fsp3) is 0.529. The molecule has 146 valence electrons. The van der Waals surface area contributed by atoms with Gasteiger partial charge in [-0.25, -0.2) is 14.0 Å². The fourth-order valence-electron chi connectivity index (χ4n) is 2.84. The summed E-state index contributed by atoms with van der Waals surface area (Å²) >= 11 is 0. The van der Waals surface area contributed by atoms with Crippen molar-refractivity contribution in [1.29, 1.82) is 0 Å². The summed E-state index contributed by atoms with van der Waals surface area (Å²) in [6.45, 7) is 6.20. The molecule has 0 saturated carbocycles. The Morgan fingerprint density at radius 2 is 2.19 bits per heavy atom. The minimum absolute atomic E-state index is 0.0153. The van der Waals surface area contributed by atoms with E-state index in [2.05, 4.69) is 4.98 Å². The molecule has 2 heterocycles. The normalized spacial score (nSPS) is 19.1. The van der Waals surface area contributed by atoms with Gasteiger partial charge in [-0.2, -0.15) is 0 Å². The smallest absolute Gasteiger partial charge is 0.410 e. The molecule has 27 heavy (non-hydrogen) atoms. The Morgan fingerprint density at radius 1 is 1.44 bits per heavy atom. The molecule has 1 amide bonds. The summed E-state index contributed by atoms with van der Waals surface area (Å²) in [6.07, 6.45) is 0.920. The van der Waals surface area contributed by atoms with Gasteiger partial charge in [0.2, 0.25) is 0 Å². The van der Waals surface area contributed by atoms with Crippen molar-refractivity contribution in [2.45, 2.75) is 49.7 Å². The van der Waals surface area contributed by atoms with Crippen LogP contribution in [0.3, 0.4) is 0 Å². The average molecular weight is 395 g/mol. The zero-order chi connectivity index (χ0) is 19.8. The van der Waals surface area contributed by atoms with Crippen LogP contribution in [0.2, 0.25) is 0 Å². The maximum absolute atomic E-state index is 12.9. The first-order valence-corrected chi connectivity index (χ1v) is 9.79. The number of carbonyl (C=O) groups is 1. The molecule has 10 heteroatoms. The van der Waals surface area contributed by atoms with Crippen LogP contribution >= 0.6 is 0 Å². The van der Waals surface area contributed by atoms with Gasteiger partial charge in [0.15, 0.2) is 5.58 Å². The maximum Gasteiger partial charge on any atom is 0.410 e. The minimum atomic E-state index is -1.58. The van der Waals surface area contributed by atoms with Crippen LogP contribution in [0.25, 0.3) is 11.1 Å². The second kappa shape index (κ2) is 7.26. The topological polar surface area (TPSA) is 116 Å². The van der Waals surface area contributed by atoms with E-state index >= 15 is 0 Å². The lowest BCUT2D eigenvalue weighted by Gasteiger charge is -2.33. The third-order valence-electron chi connectivity index (χ3n) is 4.07. The predicted octanol–water partition coefficient (Wildman–Crippen LogP) is 3.24. The Kier molecular flexibility index (Phi) is 5.18. The second-order valence-electron chi connectivity index (χ2n) is 7.38. The van der Waals surface area contributed by atoms with E-state index in [1.807, 2.05) is 0 Å². The molecule has 9 nitrogen and oxygen atoms in total. The number of nitrogens with zero attached hydrogens (tertiary/aromatic N) is 3. The molecule has 2 atom stereocenters. The molecule has 1 saturated heterocycles. The number of benzene rings is 1. The number of nitro groups is 1. The molecular formula is C17H21N3O6S. The number of likely N-dealkylation sites (tertiary alicyclic amines) is 1. The number of hydrogen-bond acceptors (Lipinski definition) is 7. The Balaban J connectivity index is 1.76. The van der Waals surface area contributed by atoms with E-state index in [-0.39, 0.29) is 28.2 Å². The molecule has 0 spiro atoms. The molecular weight excluding hydrogens is 374 g/mol. The van der Waals surface area contributed by atoms with Crippen molar-refractivity contribution >= 4 is 33.7 Å². The zero-order valence-electron chi connectivity index (χ0n) is 15.3. The van der Waals surface area contributed by atoms with Gasteiger partial charge in [0.1, 0.15) is 21.9 Å². The summed E-state index contributed by atoms with van der Waals surface area (Å²) in [4.78, 5) is 28.3. The summed E-state index contributed by atoms with van der Waals surface area (Å²) < 4.78 is 23.8. The Morgan fingerprint density at radius 3 is 2.85 bits per heavy atom. The van der Waals surface area contributed by atoms with E-state index in [1.165, 1.54) is 18.2 Å². The SMILES string of the molecule is CC(C)(C)OC(=O)N1CCC[C@@H]([S@](=O)c2nc3cc([N+](=O)[O-])ccc3o2)C1. The highest BCUT2D eigenvalue weighted by Gasteiger charge is 2.32. The van der Waals surface area contributed by atoms with Gasteiger partial charge >= 0.3 is 6.09 Å². The van der Waals surface area contributed by atoms with Gasteiger partial charge in [-0.15, -0.1) is 0 Å². The standard InChI is InChI=1S/C17H21N3O6S/c1-17(2,3)26-16(21)19-8-4-5-12(10-19)27(24)15-18-13-9-11(20(22)23)6-7-14(13)25-15/h6-7,9,12H,4-5,8,10H2,1-3H3/t12-,27+/m1/s1. The first-order valence-electron chi connectivity index (χ1n) is 8.57. The minimum Gasteiger partial charge on any atom is -0.444 e. The van der Waals surface area contributed by atoms with E-state index in [0.717, 1.165) is 0 Å². The first-order chi connectivity index (χ1) is 12.6. The van der Waals surface area contributed by atoms with Gasteiger partial charge < -0.3 is 14.1 Å². The number of nitro benzene ring substituents is 1. The molecule has 0 aliphatic carbocycles. The van der Waals surface area contributed by atoms with Gasteiger partial charge in [-0.05, 0) is 39.7 Å². The van der Waals surface area contributed by atoms with Crippen LogP contribution < -0.4 is 0 Å². The molecule has 0 N–H and O–H groups in total. The van der Waals surface area contributed by atoms with Crippen LogP contribution in [-0.2, 0) is 15.5 Å². The number of piperidine rings is 1. The van der Waals surface area contributed by atoms with Crippen LogP contribution in [0.5, 0.6) is 0 Å². The van der Waals surface area contributed by atoms with E-state index in [1.54, 1.807) is 25.7 Å². The van der Waals surface area contributed by atoms with Crippen molar-refractivity contribution in [2.75, 3.05) is 13.1 Å². The number of fused-ring (bicyclic) bond motifs is 1. The highest BCUT2D eigenvalue weighted by atomic mass is 32.2. The largest absolute Gasteiger partial charge is 0.444 e. The molecule has 0 unspecified atom stereocenters. The lowest BCUT2D eigenvalue weighted by Crippen LogP contribution is -2.45. The summed E-state index contributed by atoms with van der Waals surface area (Å²) in [6, 6.07) is 4.04.